The first-order valence-corrected chi connectivity index (χ1v) is 5.35. The normalized spacial score (nSPS) is 16.4. The van der Waals surface area contributed by atoms with Crippen molar-refractivity contribution in [3.63, 3.8) is 0 Å². The minimum atomic E-state index is -1.84. The second-order valence-corrected chi connectivity index (χ2v) is 3.94. The molecule has 86 valence electrons. The maximum atomic E-state index is 13.3. The van der Waals surface area contributed by atoms with Crippen molar-refractivity contribution in [3.8, 4) is 5.88 Å². The van der Waals surface area contributed by atoms with Gasteiger partial charge in [-0.3, -0.25) is 0 Å². The van der Waals surface area contributed by atoms with Gasteiger partial charge in [0.1, 0.15) is 11.9 Å². The van der Waals surface area contributed by atoms with E-state index in [9.17, 15) is 4.39 Å². The van der Waals surface area contributed by atoms with Crippen molar-refractivity contribution in [1.82, 2.24) is 4.98 Å². The predicted molar refractivity (Wildman–Crippen MR) is 56.9 cm³/mol. The van der Waals surface area contributed by atoms with Gasteiger partial charge >= 0.3 is 7.12 Å². The Bertz CT molecular complexity index is 369. The fourth-order valence-electron chi connectivity index (χ4n) is 1.86. The number of pyridine rings is 1. The van der Waals surface area contributed by atoms with E-state index >= 15 is 0 Å². The summed E-state index contributed by atoms with van der Waals surface area (Å²) in [5.74, 6) is -0.508. The fraction of sp³-hybridized carbons (Fsp3) is 0.500. The van der Waals surface area contributed by atoms with Crippen molar-refractivity contribution in [3.05, 3.63) is 18.1 Å². The molecule has 1 aliphatic rings. The summed E-state index contributed by atoms with van der Waals surface area (Å²) < 4.78 is 18.8. The molecule has 0 atom stereocenters. The van der Waals surface area contributed by atoms with Crippen molar-refractivity contribution in [1.29, 1.82) is 0 Å². The Kier molecular flexibility index (Phi) is 3.41. The van der Waals surface area contributed by atoms with E-state index in [1.165, 1.54) is 0 Å². The summed E-state index contributed by atoms with van der Waals surface area (Å²) in [6.07, 6.45) is 5.38. The Balaban J connectivity index is 2.08. The van der Waals surface area contributed by atoms with E-state index in [1.54, 1.807) is 0 Å². The summed E-state index contributed by atoms with van der Waals surface area (Å²) in [5.41, 5.74) is -0.237. The molecule has 6 heteroatoms. The van der Waals surface area contributed by atoms with Gasteiger partial charge in [0.15, 0.2) is 0 Å². The second kappa shape index (κ2) is 4.80. The topological polar surface area (TPSA) is 62.6 Å². The van der Waals surface area contributed by atoms with E-state index < -0.39 is 12.9 Å². The first-order valence-electron chi connectivity index (χ1n) is 5.35. The third-order valence-corrected chi connectivity index (χ3v) is 2.72. The molecule has 1 aromatic heterocycles. The molecule has 16 heavy (non-hydrogen) atoms. The van der Waals surface area contributed by atoms with Crippen LogP contribution in [0.2, 0.25) is 0 Å². The molecule has 4 nitrogen and oxygen atoms in total. The molecule has 0 saturated heterocycles. The van der Waals surface area contributed by atoms with Crippen molar-refractivity contribution in [2.24, 2.45) is 0 Å². The van der Waals surface area contributed by atoms with E-state index in [4.69, 9.17) is 14.8 Å². The van der Waals surface area contributed by atoms with Crippen molar-refractivity contribution in [2.75, 3.05) is 0 Å². The van der Waals surface area contributed by atoms with E-state index in [-0.39, 0.29) is 17.4 Å². The molecular weight excluding hydrogens is 212 g/mol. The third kappa shape index (κ3) is 2.51. The maximum Gasteiger partial charge on any atom is 0.493 e. The molecule has 1 heterocycles. The largest absolute Gasteiger partial charge is 0.493 e. The molecule has 1 aromatic rings. The van der Waals surface area contributed by atoms with Gasteiger partial charge in [-0.25, -0.2) is 9.37 Å². The van der Waals surface area contributed by atoms with Gasteiger partial charge in [-0.05, 0) is 25.7 Å². The smallest absolute Gasteiger partial charge is 0.474 e. The maximum absolute atomic E-state index is 13.3. The van der Waals surface area contributed by atoms with Crippen LogP contribution in [0, 0.1) is 5.82 Å². The average molecular weight is 225 g/mol. The molecule has 1 saturated carbocycles. The first kappa shape index (κ1) is 11.4. The number of nitrogens with zero attached hydrogens (tertiary/aromatic N) is 1. The van der Waals surface area contributed by atoms with Crippen molar-refractivity contribution >= 4 is 12.6 Å². The fourth-order valence-corrected chi connectivity index (χ4v) is 1.86. The predicted octanol–water partition coefficient (Wildman–Crippen LogP) is 0.222. The van der Waals surface area contributed by atoms with Gasteiger partial charge in [-0.1, -0.05) is 0 Å². The van der Waals surface area contributed by atoms with Crippen LogP contribution in [0.4, 0.5) is 4.39 Å². The summed E-state index contributed by atoms with van der Waals surface area (Å²) in [7, 11) is -1.84. The van der Waals surface area contributed by atoms with Gasteiger partial charge in [-0.15, -0.1) is 0 Å². The Hall–Kier alpha value is -1.14. The standard InChI is InChI=1S/C10H13BFNO3/c12-9-5-10(13-6-8(9)11(14)15)16-7-3-1-2-4-7/h5-7,14-15H,1-4H2. The van der Waals surface area contributed by atoms with Crippen LogP contribution in [0.25, 0.3) is 0 Å². The number of ether oxygens (including phenoxy) is 1. The zero-order chi connectivity index (χ0) is 11.5. The molecule has 0 amide bonds. The first-order chi connectivity index (χ1) is 7.66. The molecule has 1 fully saturated rings. The highest BCUT2D eigenvalue weighted by molar-refractivity contribution is 6.58. The van der Waals surface area contributed by atoms with Gasteiger partial charge in [0.25, 0.3) is 0 Å². The summed E-state index contributed by atoms with van der Waals surface area (Å²) in [6, 6.07) is 1.09. The molecule has 0 radical (unpaired) electrons. The number of hydrogen-bond acceptors (Lipinski definition) is 4. The molecule has 1 aliphatic carbocycles. The monoisotopic (exact) mass is 225 g/mol. The third-order valence-electron chi connectivity index (χ3n) is 2.72. The Labute approximate surface area is 93.2 Å². The van der Waals surface area contributed by atoms with E-state index in [0.29, 0.717) is 0 Å². The molecule has 0 spiro atoms. The lowest BCUT2D eigenvalue weighted by molar-refractivity contribution is 0.200. The van der Waals surface area contributed by atoms with Gasteiger partial charge in [-0.2, -0.15) is 0 Å². The van der Waals surface area contributed by atoms with E-state index in [0.717, 1.165) is 37.9 Å². The lowest BCUT2D eigenvalue weighted by Crippen LogP contribution is -2.33. The van der Waals surface area contributed by atoms with Gasteiger partial charge in [0.05, 0.1) is 0 Å². The van der Waals surface area contributed by atoms with Crippen LogP contribution >= 0.6 is 0 Å². The zero-order valence-electron chi connectivity index (χ0n) is 8.77. The summed E-state index contributed by atoms with van der Waals surface area (Å²) in [5, 5.41) is 17.6. The molecule has 2 N–H and O–H groups in total. The molecular formula is C10H13BFNO3. The number of halogens is 1. The van der Waals surface area contributed by atoms with Crippen LogP contribution in [0.15, 0.2) is 12.3 Å². The van der Waals surface area contributed by atoms with E-state index in [1.807, 2.05) is 0 Å². The molecule has 0 aromatic carbocycles. The van der Waals surface area contributed by atoms with Gasteiger partial charge in [0, 0.05) is 17.7 Å². The minimum absolute atomic E-state index is 0.108. The zero-order valence-corrected chi connectivity index (χ0v) is 8.77. The van der Waals surface area contributed by atoms with Crippen LogP contribution in [0.3, 0.4) is 0 Å². The SMILES string of the molecule is OB(O)c1cnc(OC2CCCC2)cc1F. The Morgan fingerprint density at radius 2 is 2.06 bits per heavy atom. The van der Waals surface area contributed by atoms with Crippen molar-refractivity contribution < 1.29 is 19.2 Å². The average Bonchev–Trinajstić information content (AvgIpc) is 2.70. The number of rotatable bonds is 3. The highest BCUT2D eigenvalue weighted by Gasteiger charge is 2.20. The second-order valence-electron chi connectivity index (χ2n) is 3.94. The molecule has 0 bridgehead atoms. The van der Waals surface area contributed by atoms with Crippen LogP contribution in [0.5, 0.6) is 5.88 Å². The summed E-state index contributed by atoms with van der Waals surface area (Å²) in [6.45, 7) is 0. The van der Waals surface area contributed by atoms with Crippen LogP contribution in [-0.2, 0) is 0 Å². The minimum Gasteiger partial charge on any atom is -0.474 e. The molecule has 0 unspecified atom stereocenters. The lowest BCUT2D eigenvalue weighted by Gasteiger charge is -2.12. The molecule has 0 aliphatic heterocycles. The van der Waals surface area contributed by atoms with Crippen molar-refractivity contribution in [2.45, 2.75) is 31.8 Å². The van der Waals surface area contributed by atoms with E-state index in [2.05, 4.69) is 4.98 Å². The van der Waals surface area contributed by atoms with Crippen LogP contribution < -0.4 is 10.2 Å². The van der Waals surface area contributed by atoms with Crippen LogP contribution in [0.1, 0.15) is 25.7 Å². The number of hydrogen-bond donors (Lipinski definition) is 2. The van der Waals surface area contributed by atoms with Gasteiger partial charge in [0.2, 0.25) is 5.88 Å². The summed E-state index contributed by atoms with van der Waals surface area (Å²) in [4.78, 5) is 3.84. The quantitative estimate of drug-likeness (QED) is 0.722. The van der Waals surface area contributed by atoms with Crippen LogP contribution in [-0.4, -0.2) is 28.3 Å². The molecule has 2 rings (SSSR count). The Morgan fingerprint density at radius 1 is 1.38 bits per heavy atom. The highest BCUT2D eigenvalue weighted by atomic mass is 19.1. The lowest BCUT2D eigenvalue weighted by atomic mass is 9.81. The van der Waals surface area contributed by atoms with Gasteiger partial charge < -0.3 is 14.8 Å². The number of aromatic nitrogens is 1. The highest BCUT2D eigenvalue weighted by Crippen LogP contribution is 2.22. The summed E-state index contributed by atoms with van der Waals surface area (Å²) >= 11 is 0. The Morgan fingerprint density at radius 3 is 2.62 bits per heavy atom.